The molecule has 2 saturated heterocycles. The summed E-state index contributed by atoms with van der Waals surface area (Å²) < 4.78 is 5.63. The molecule has 2 aliphatic rings. The molecule has 3 rings (SSSR count). The number of benzene rings is 1. The lowest BCUT2D eigenvalue weighted by molar-refractivity contribution is -0.132. The van der Waals surface area contributed by atoms with E-state index in [1.54, 1.807) is 0 Å². The molecule has 0 aromatic heterocycles. The smallest absolute Gasteiger partial charge is 0.260 e. The Balaban J connectivity index is 1.47. The normalized spacial score (nSPS) is 22.8. The number of carbonyl (C=O) groups is 1. The number of ether oxygens (including phenoxy) is 1. The Kier molecular flexibility index (Phi) is 4.95. The second kappa shape index (κ2) is 7.11. The van der Waals surface area contributed by atoms with Crippen LogP contribution in [0.1, 0.15) is 12.0 Å². The van der Waals surface area contributed by atoms with E-state index < -0.39 is 0 Å². The van der Waals surface area contributed by atoms with Crippen molar-refractivity contribution in [3.63, 3.8) is 0 Å². The van der Waals surface area contributed by atoms with Crippen LogP contribution < -0.4 is 10.1 Å². The lowest BCUT2D eigenvalue weighted by Gasteiger charge is -2.32. The van der Waals surface area contributed by atoms with Crippen molar-refractivity contribution < 1.29 is 9.53 Å². The first kappa shape index (κ1) is 15.3. The van der Waals surface area contributed by atoms with Crippen molar-refractivity contribution in [1.82, 2.24) is 15.1 Å². The van der Waals surface area contributed by atoms with Crippen molar-refractivity contribution >= 4 is 5.91 Å². The third-order valence-corrected chi connectivity index (χ3v) is 4.54. The zero-order valence-electron chi connectivity index (χ0n) is 13.3. The van der Waals surface area contributed by atoms with Crippen LogP contribution in [0.3, 0.4) is 0 Å². The Morgan fingerprint density at radius 3 is 2.91 bits per heavy atom. The van der Waals surface area contributed by atoms with E-state index in [0.717, 1.165) is 57.0 Å². The molecule has 1 aromatic rings. The van der Waals surface area contributed by atoms with Crippen LogP contribution in [-0.2, 0) is 4.79 Å². The van der Waals surface area contributed by atoms with Crippen LogP contribution in [0.5, 0.6) is 5.75 Å². The van der Waals surface area contributed by atoms with Gasteiger partial charge in [-0.1, -0.05) is 12.1 Å². The summed E-state index contributed by atoms with van der Waals surface area (Å²) in [5.74, 6) is 0.866. The van der Waals surface area contributed by atoms with Gasteiger partial charge < -0.3 is 15.0 Å². The summed E-state index contributed by atoms with van der Waals surface area (Å²) in [6, 6.07) is 8.35. The third kappa shape index (κ3) is 3.78. The van der Waals surface area contributed by atoms with Gasteiger partial charge in [0.25, 0.3) is 5.91 Å². The fourth-order valence-electron chi connectivity index (χ4n) is 3.26. The average Bonchev–Trinajstić information content (AvgIpc) is 3.04. The minimum Gasteiger partial charge on any atom is -0.484 e. The molecule has 0 bridgehead atoms. The number of hydrogen-bond acceptors (Lipinski definition) is 4. The maximum Gasteiger partial charge on any atom is 0.260 e. The number of amides is 1. The molecule has 5 nitrogen and oxygen atoms in total. The molecule has 120 valence electrons. The minimum atomic E-state index is 0.0964. The van der Waals surface area contributed by atoms with Crippen LogP contribution in [-0.4, -0.2) is 67.6 Å². The van der Waals surface area contributed by atoms with Gasteiger partial charge in [0.1, 0.15) is 5.75 Å². The SMILES string of the molecule is Cc1cccc(OCC(=O)N2CCC(N3CCNCC3)C2)c1. The highest BCUT2D eigenvalue weighted by Gasteiger charge is 2.30. The molecule has 1 amide bonds. The summed E-state index contributed by atoms with van der Waals surface area (Å²) >= 11 is 0. The molecular formula is C17H25N3O2. The number of piperazine rings is 1. The van der Waals surface area contributed by atoms with Crippen LogP contribution >= 0.6 is 0 Å². The molecule has 0 spiro atoms. The zero-order chi connectivity index (χ0) is 15.4. The van der Waals surface area contributed by atoms with E-state index in [2.05, 4.69) is 10.2 Å². The number of nitrogens with one attached hydrogen (secondary N) is 1. The van der Waals surface area contributed by atoms with Gasteiger partial charge in [-0.15, -0.1) is 0 Å². The third-order valence-electron chi connectivity index (χ3n) is 4.54. The molecule has 1 unspecified atom stereocenters. The molecular weight excluding hydrogens is 278 g/mol. The van der Waals surface area contributed by atoms with Crippen LogP contribution in [0.15, 0.2) is 24.3 Å². The van der Waals surface area contributed by atoms with Gasteiger partial charge in [0.2, 0.25) is 0 Å². The molecule has 5 heteroatoms. The van der Waals surface area contributed by atoms with Crippen molar-refractivity contribution in [3.05, 3.63) is 29.8 Å². The number of nitrogens with zero attached hydrogens (tertiary/aromatic N) is 2. The van der Waals surface area contributed by atoms with Gasteiger partial charge in [0.15, 0.2) is 6.61 Å². The fourth-order valence-corrected chi connectivity index (χ4v) is 3.26. The van der Waals surface area contributed by atoms with Crippen molar-refractivity contribution in [2.45, 2.75) is 19.4 Å². The lowest BCUT2D eigenvalue weighted by Crippen LogP contribution is -2.49. The highest BCUT2D eigenvalue weighted by Crippen LogP contribution is 2.17. The molecule has 1 atom stereocenters. The number of rotatable bonds is 4. The van der Waals surface area contributed by atoms with Crippen LogP contribution in [0.2, 0.25) is 0 Å². The largest absolute Gasteiger partial charge is 0.484 e. The quantitative estimate of drug-likeness (QED) is 0.897. The van der Waals surface area contributed by atoms with Gasteiger partial charge in [-0.05, 0) is 31.0 Å². The van der Waals surface area contributed by atoms with Gasteiger partial charge in [-0.25, -0.2) is 0 Å². The number of likely N-dealkylation sites (tertiary alicyclic amines) is 1. The fraction of sp³-hybridized carbons (Fsp3) is 0.588. The molecule has 1 aromatic carbocycles. The molecule has 1 N–H and O–H groups in total. The van der Waals surface area contributed by atoms with Gasteiger partial charge in [-0.3, -0.25) is 9.69 Å². The predicted molar refractivity (Wildman–Crippen MR) is 86.1 cm³/mol. The van der Waals surface area contributed by atoms with Crippen molar-refractivity contribution in [1.29, 1.82) is 0 Å². The van der Waals surface area contributed by atoms with Crippen LogP contribution in [0.25, 0.3) is 0 Å². The predicted octanol–water partition coefficient (Wildman–Crippen LogP) is 0.880. The Morgan fingerprint density at radius 1 is 1.32 bits per heavy atom. The molecule has 0 radical (unpaired) electrons. The Bertz CT molecular complexity index is 514. The first-order chi connectivity index (χ1) is 10.7. The summed E-state index contributed by atoms with van der Waals surface area (Å²) in [6.07, 6.45) is 1.08. The Hall–Kier alpha value is -1.59. The van der Waals surface area contributed by atoms with E-state index in [1.807, 2.05) is 36.1 Å². The maximum atomic E-state index is 12.3. The first-order valence-corrected chi connectivity index (χ1v) is 8.14. The van der Waals surface area contributed by atoms with Gasteiger partial charge in [0, 0.05) is 45.3 Å². The minimum absolute atomic E-state index is 0.0964. The highest BCUT2D eigenvalue weighted by molar-refractivity contribution is 5.78. The molecule has 2 aliphatic heterocycles. The lowest BCUT2D eigenvalue weighted by atomic mass is 10.2. The van der Waals surface area contributed by atoms with Gasteiger partial charge in [0.05, 0.1) is 0 Å². The highest BCUT2D eigenvalue weighted by atomic mass is 16.5. The van der Waals surface area contributed by atoms with Gasteiger partial charge >= 0.3 is 0 Å². The van der Waals surface area contributed by atoms with E-state index in [4.69, 9.17) is 4.74 Å². The maximum absolute atomic E-state index is 12.3. The summed E-state index contributed by atoms with van der Waals surface area (Å²) in [4.78, 5) is 16.8. The molecule has 22 heavy (non-hydrogen) atoms. The molecule has 2 fully saturated rings. The second-order valence-electron chi connectivity index (χ2n) is 6.17. The molecule has 2 heterocycles. The topological polar surface area (TPSA) is 44.8 Å². The molecule has 0 aliphatic carbocycles. The van der Waals surface area contributed by atoms with Crippen molar-refractivity contribution in [3.8, 4) is 5.75 Å². The number of aryl methyl sites for hydroxylation is 1. The van der Waals surface area contributed by atoms with E-state index >= 15 is 0 Å². The van der Waals surface area contributed by atoms with E-state index in [1.165, 1.54) is 0 Å². The van der Waals surface area contributed by atoms with Crippen molar-refractivity contribution in [2.24, 2.45) is 0 Å². The summed E-state index contributed by atoms with van der Waals surface area (Å²) in [5, 5.41) is 3.37. The van der Waals surface area contributed by atoms with Crippen molar-refractivity contribution in [2.75, 3.05) is 45.9 Å². The number of hydrogen-bond donors (Lipinski definition) is 1. The van der Waals surface area contributed by atoms with Crippen LogP contribution in [0, 0.1) is 6.92 Å². The second-order valence-corrected chi connectivity index (χ2v) is 6.17. The number of carbonyl (C=O) groups excluding carboxylic acids is 1. The van der Waals surface area contributed by atoms with Crippen LogP contribution in [0.4, 0.5) is 0 Å². The first-order valence-electron chi connectivity index (χ1n) is 8.14. The van der Waals surface area contributed by atoms with E-state index in [9.17, 15) is 4.79 Å². The summed E-state index contributed by atoms with van der Waals surface area (Å²) in [7, 11) is 0. The summed E-state index contributed by atoms with van der Waals surface area (Å²) in [6.45, 7) is 8.15. The monoisotopic (exact) mass is 303 g/mol. The molecule has 0 saturated carbocycles. The zero-order valence-corrected chi connectivity index (χ0v) is 13.3. The van der Waals surface area contributed by atoms with Gasteiger partial charge in [-0.2, -0.15) is 0 Å². The van der Waals surface area contributed by atoms with E-state index in [0.29, 0.717) is 6.04 Å². The Morgan fingerprint density at radius 2 is 2.14 bits per heavy atom. The standard InChI is InChI=1S/C17H25N3O2/c1-14-3-2-4-16(11-14)22-13-17(21)20-8-5-15(12-20)19-9-6-18-7-10-19/h2-4,11,15,18H,5-10,12-13H2,1H3. The summed E-state index contributed by atoms with van der Waals surface area (Å²) in [5.41, 5.74) is 1.14. The average molecular weight is 303 g/mol. The Labute approximate surface area is 132 Å². The van der Waals surface area contributed by atoms with E-state index in [-0.39, 0.29) is 12.5 Å².